The zero-order valence-corrected chi connectivity index (χ0v) is 16.3. The Bertz CT molecular complexity index is 1010. The van der Waals surface area contributed by atoms with E-state index in [0.29, 0.717) is 22.2 Å². The van der Waals surface area contributed by atoms with Gasteiger partial charge in [0.1, 0.15) is 0 Å². The molecule has 8 heteroatoms. The average Bonchev–Trinajstić information content (AvgIpc) is 3.24. The van der Waals surface area contributed by atoms with Crippen molar-refractivity contribution >= 4 is 46.0 Å². The highest BCUT2D eigenvalue weighted by atomic mass is 35.5. The number of carbonyl (C=O) groups is 1. The average molecular weight is 404 g/mol. The SMILES string of the molecule is CCCn1c(SCC(=O)Nc2ccc3c(c2)OCO3)nc2cc(Cl)ccc21. The molecule has 0 saturated heterocycles. The molecule has 0 atom stereocenters. The quantitative estimate of drug-likeness (QED) is 0.611. The minimum absolute atomic E-state index is 0.105. The van der Waals surface area contributed by atoms with Crippen LogP contribution in [0.5, 0.6) is 11.5 Å². The third-order valence-corrected chi connectivity index (χ3v) is 5.32. The standard InChI is InChI=1S/C19H18ClN3O3S/c1-2-7-23-15-5-3-12(20)8-14(15)22-19(23)27-10-18(24)21-13-4-6-16-17(9-13)26-11-25-16/h3-6,8-9H,2,7,10-11H2,1H3,(H,21,24). The molecule has 1 aliphatic rings. The van der Waals surface area contributed by atoms with Gasteiger partial charge in [-0.05, 0) is 36.8 Å². The smallest absolute Gasteiger partial charge is 0.234 e. The molecule has 1 aliphatic heterocycles. The van der Waals surface area contributed by atoms with E-state index in [0.717, 1.165) is 29.2 Å². The normalized spacial score (nSPS) is 12.5. The number of ether oxygens (including phenoxy) is 2. The van der Waals surface area contributed by atoms with Crippen molar-refractivity contribution in [1.29, 1.82) is 0 Å². The number of benzene rings is 2. The van der Waals surface area contributed by atoms with E-state index >= 15 is 0 Å². The summed E-state index contributed by atoms with van der Waals surface area (Å²) in [6.07, 6.45) is 0.977. The van der Waals surface area contributed by atoms with Crippen molar-refractivity contribution in [1.82, 2.24) is 9.55 Å². The lowest BCUT2D eigenvalue weighted by Crippen LogP contribution is -2.14. The van der Waals surface area contributed by atoms with Crippen molar-refractivity contribution in [2.45, 2.75) is 25.0 Å². The van der Waals surface area contributed by atoms with Gasteiger partial charge in [-0.1, -0.05) is 30.3 Å². The fourth-order valence-corrected chi connectivity index (χ4v) is 3.94. The van der Waals surface area contributed by atoms with Crippen LogP contribution < -0.4 is 14.8 Å². The van der Waals surface area contributed by atoms with E-state index in [1.807, 2.05) is 18.2 Å². The summed E-state index contributed by atoms with van der Waals surface area (Å²) in [4.78, 5) is 17.0. The number of hydrogen-bond acceptors (Lipinski definition) is 5. The Morgan fingerprint density at radius 1 is 1.26 bits per heavy atom. The van der Waals surface area contributed by atoms with Gasteiger partial charge in [-0.2, -0.15) is 0 Å². The molecule has 0 fully saturated rings. The van der Waals surface area contributed by atoms with Crippen LogP contribution in [0.25, 0.3) is 11.0 Å². The van der Waals surface area contributed by atoms with Crippen LogP contribution in [-0.2, 0) is 11.3 Å². The minimum atomic E-state index is -0.105. The summed E-state index contributed by atoms with van der Waals surface area (Å²) in [6, 6.07) is 11.0. The molecular weight excluding hydrogens is 386 g/mol. The van der Waals surface area contributed by atoms with Gasteiger partial charge in [0.2, 0.25) is 12.7 Å². The van der Waals surface area contributed by atoms with Gasteiger partial charge < -0.3 is 19.4 Å². The van der Waals surface area contributed by atoms with E-state index in [2.05, 4.69) is 21.8 Å². The number of nitrogens with one attached hydrogen (secondary N) is 1. The maximum atomic E-state index is 12.4. The zero-order chi connectivity index (χ0) is 18.8. The Kier molecular flexibility index (Phi) is 5.13. The van der Waals surface area contributed by atoms with Gasteiger partial charge in [0, 0.05) is 23.3 Å². The first-order valence-corrected chi connectivity index (χ1v) is 9.98. The summed E-state index contributed by atoms with van der Waals surface area (Å²) in [5.41, 5.74) is 2.55. The maximum Gasteiger partial charge on any atom is 0.234 e. The van der Waals surface area contributed by atoms with E-state index in [-0.39, 0.29) is 18.5 Å². The summed E-state index contributed by atoms with van der Waals surface area (Å²) >= 11 is 7.49. The Balaban J connectivity index is 1.46. The highest BCUT2D eigenvalue weighted by Crippen LogP contribution is 2.34. The number of rotatable bonds is 6. The van der Waals surface area contributed by atoms with Crippen molar-refractivity contribution in [2.75, 3.05) is 17.9 Å². The van der Waals surface area contributed by atoms with Crippen molar-refractivity contribution in [3.8, 4) is 11.5 Å². The lowest BCUT2D eigenvalue weighted by molar-refractivity contribution is -0.113. The number of carbonyl (C=O) groups excluding carboxylic acids is 1. The minimum Gasteiger partial charge on any atom is -0.454 e. The molecule has 140 valence electrons. The van der Waals surface area contributed by atoms with Crippen molar-refractivity contribution in [3.05, 3.63) is 41.4 Å². The van der Waals surface area contributed by atoms with Crippen molar-refractivity contribution in [2.24, 2.45) is 0 Å². The van der Waals surface area contributed by atoms with Crippen LogP contribution in [0.15, 0.2) is 41.6 Å². The molecule has 0 unspecified atom stereocenters. The van der Waals surface area contributed by atoms with Gasteiger partial charge in [0.25, 0.3) is 0 Å². The molecule has 2 aromatic carbocycles. The fourth-order valence-electron chi connectivity index (χ4n) is 2.93. The molecule has 1 N–H and O–H groups in total. The Morgan fingerprint density at radius 3 is 2.96 bits per heavy atom. The molecule has 0 bridgehead atoms. The number of anilines is 1. The number of aryl methyl sites for hydroxylation is 1. The van der Waals surface area contributed by atoms with Crippen LogP contribution in [0.1, 0.15) is 13.3 Å². The number of thioether (sulfide) groups is 1. The topological polar surface area (TPSA) is 65.4 Å². The lowest BCUT2D eigenvalue weighted by atomic mass is 10.3. The molecule has 6 nitrogen and oxygen atoms in total. The number of hydrogen-bond donors (Lipinski definition) is 1. The number of aromatic nitrogens is 2. The van der Waals surface area contributed by atoms with E-state index < -0.39 is 0 Å². The summed E-state index contributed by atoms with van der Waals surface area (Å²) < 4.78 is 12.7. The van der Waals surface area contributed by atoms with Crippen LogP contribution in [-0.4, -0.2) is 28.0 Å². The number of nitrogens with zero attached hydrogens (tertiary/aromatic N) is 2. The molecule has 3 aromatic rings. The number of fused-ring (bicyclic) bond motifs is 2. The molecule has 1 aromatic heterocycles. The second-order valence-electron chi connectivity index (χ2n) is 6.08. The van der Waals surface area contributed by atoms with Gasteiger partial charge >= 0.3 is 0 Å². The van der Waals surface area contributed by atoms with Crippen LogP contribution in [0.2, 0.25) is 5.02 Å². The van der Waals surface area contributed by atoms with E-state index in [1.54, 1.807) is 18.2 Å². The molecule has 4 rings (SSSR count). The van der Waals surface area contributed by atoms with Crippen molar-refractivity contribution < 1.29 is 14.3 Å². The Hall–Kier alpha value is -2.38. The summed E-state index contributed by atoms with van der Waals surface area (Å²) in [5.74, 6) is 1.48. The molecular formula is C19H18ClN3O3S. The van der Waals surface area contributed by atoms with Crippen LogP contribution in [0, 0.1) is 0 Å². The summed E-state index contributed by atoms with van der Waals surface area (Å²) in [7, 11) is 0. The van der Waals surface area contributed by atoms with Crippen LogP contribution >= 0.6 is 23.4 Å². The third kappa shape index (κ3) is 3.84. The largest absolute Gasteiger partial charge is 0.454 e. The third-order valence-electron chi connectivity index (χ3n) is 4.11. The molecule has 2 heterocycles. The summed E-state index contributed by atoms with van der Waals surface area (Å²) in [5, 5.41) is 4.35. The number of halogens is 1. The lowest BCUT2D eigenvalue weighted by Gasteiger charge is -2.08. The monoisotopic (exact) mass is 403 g/mol. The molecule has 1 amide bonds. The molecule has 27 heavy (non-hydrogen) atoms. The molecule has 0 spiro atoms. The van der Waals surface area contributed by atoms with Gasteiger partial charge in [-0.3, -0.25) is 4.79 Å². The van der Waals surface area contributed by atoms with Crippen LogP contribution in [0.4, 0.5) is 5.69 Å². The molecule has 0 aliphatic carbocycles. The zero-order valence-electron chi connectivity index (χ0n) is 14.7. The number of imidazole rings is 1. The Labute approximate surface area is 165 Å². The first kappa shape index (κ1) is 18.0. The second-order valence-corrected chi connectivity index (χ2v) is 7.46. The summed E-state index contributed by atoms with van der Waals surface area (Å²) in [6.45, 7) is 3.16. The van der Waals surface area contributed by atoms with E-state index in [9.17, 15) is 4.79 Å². The van der Waals surface area contributed by atoms with Crippen molar-refractivity contribution in [3.63, 3.8) is 0 Å². The van der Waals surface area contributed by atoms with E-state index in [4.69, 9.17) is 21.1 Å². The first-order valence-electron chi connectivity index (χ1n) is 8.62. The molecule has 0 saturated carbocycles. The van der Waals surface area contributed by atoms with E-state index in [1.165, 1.54) is 11.8 Å². The highest BCUT2D eigenvalue weighted by Gasteiger charge is 2.16. The maximum absolute atomic E-state index is 12.4. The Morgan fingerprint density at radius 2 is 2.11 bits per heavy atom. The van der Waals surface area contributed by atoms with Crippen LogP contribution in [0.3, 0.4) is 0 Å². The highest BCUT2D eigenvalue weighted by molar-refractivity contribution is 7.99. The second kappa shape index (κ2) is 7.70. The fraction of sp³-hybridized carbons (Fsp3) is 0.263. The predicted octanol–water partition coefficient (Wildman–Crippen LogP) is 4.56. The van der Waals surface area contributed by atoms with Gasteiger partial charge in [-0.15, -0.1) is 0 Å². The van der Waals surface area contributed by atoms with Gasteiger partial charge in [0.15, 0.2) is 16.7 Å². The first-order chi connectivity index (χ1) is 13.1. The molecule has 0 radical (unpaired) electrons. The van der Waals surface area contributed by atoms with Gasteiger partial charge in [0.05, 0.1) is 16.8 Å². The van der Waals surface area contributed by atoms with Gasteiger partial charge in [-0.25, -0.2) is 4.98 Å². The predicted molar refractivity (Wildman–Crippen MR) is 107 cm³/mol. The number of amides is 1.